The molecule has 3 aromatic carbocycles. The van der Waals surface area contributed by atoms with Crippen molar-refractivity contribution in [1.29, 1.82) is 0 Å². The number of carbonyl (C=O) groups is 3. The van der Waals surface area contributed by atoms with Crippen molar-refractivity contribution >= 4 is 46.5 Å². The average Bonchev–Trinajstić information content (AvgIpc) is 3.79. The average molecular weight is 679 g/mol. The number of amides is 3. The van der Waals surface area contributed by atoms with E-state index in [2.05, 4.69) is 31.9 Å². The van der Waals surface area contributed by atoms with Crippen LogP contribution in [0.25, 0.3) is 0 Å². The summed E-state index contributed by atoms with van der Waals surface area (Å²) in [7, 11) is 0. The molecule has 0 aromatic heterocycles. The van der Waals surface area contributed by atoms with E-state index in [0.29, 0.717) is 25.1 Å². The third kappa shape index (κ3) is 5.97. The Morgan fingerprint density at radius 3 is 2.00 bits per heavy atom. The van der Waals surface area contributed by atoms with E-state index in [9.17, 15) is 9.90 Å². The summed E-state index contributed by atoms with van der Waals surface area (Å²) in [6.45, 7) is 14.0. The lowest BCUT2D eigenvalue weighted by atomic mass is 9.70. The van der Waals surface area contributed by atoms with E-state index in [4.69, 9.17) is 0 Å². The minimum atomic E-state index is -0.901. The zero-order valence-electron chi connectivity index (χ0n) is 28.4. The lowest BCUT2D eigenvalue weighted by Gasteiger charge is -2.40. The first-order valence-corrected chi connectivity index (χ1v) is 18.1. The quantitative estimate of drug-likeness (QED) is 0.208. The van der Waals surface area contributed by atoms with Crippen molar-refractivity contribution < 1.29 is 19.5 Å². The normalized spacial score (nSPS) is 24.3. The second-order valence-electron chi connectivity index (χ2n) is 12.9. The molecule has 256 valence electrons. The maximum atomic E-state index is 15.2. The molecule has 1 N–H and O–H groups in total. The molecule has 3 heterocycles. The van der Waals surface area contributed by atoms with Gasteiger partial charge >= 0.3 is 0 Å². The van der Waals surface area contributed by atoms with Crippen molar-refractivity contribution in [2.24, 2.45) is 11.8 Å². The van der Waals surface area contributed by atoms with Gasteiger partial charge in [0.15, 0.2) is 0 Å². The van der Waals surface area contributed by atoms with Crippen LogP contribution in [-0.4, -0.2) is 76.6 Å². The summed E-state index contributed by atoms with van der Waals surface area (Å²) in [5.41, 5.74) is 3.26. The van der Waals surface area contributed by atoms with Gasteiger partial charge in [-0.15, -0.1) is 24.9 Å². The number of para-hydroxylation sites is 1. The second-order valence-corrected chi connectivity index (χ2v) is 14.5. The van der Waals surface area contributed by atoms with Gasteiger partial charge in [0.2, 0.25) is 11.8 Å². The van der Waals surface area contributed by atoms with Gasteiger partial charge in [-0.05, 0) is 68.7 Å². The number of anilines is 3. The van der Waals surface area contributed by atoms with E-state index >= 15 is 9.59 Å². The van der Waals surface area contributed by atoms with E-state index < -0.39 is 28.7 Å². The lowest BCUT2D eigenvalue weighted by Crippen LogP contribution is -2.56. The monoisotopic (exact) mass is 678 g/mol. The fourth-order valence-corrected chi connectivity index (χ4v) is 10.5. The standard InChI is InChI=1S/C40H46N4O4S/c1-5-25-42(30-17-13-10-14-18-30)37(46)34-33-23-24-40(49-33)35(34)38(47)44(32(27-45)28-15-11-9-12-16-28)36(40)39(48)43(26-6-2)31-21-19-29(20-22-31)41(7-3)8-4/h5-6,9-22,32-36,45H,1-2,7-8,23-27H2,3-4H3/t32-,33+,34-,35+,36?,40?/m1/s1. The molecule has 3 saturated heterocycles. The minimum Gasteiger partial charge on any atom is -0.394 e. The minimum absolute atomic E-state index is 0.111. The van der Waals surface area contributed by atoms with E-state index in [1.807, 2.05) is 84.9 Å². The second kappa shape index (κ2) is 14.6. The number of carbonyl (C=O) groups excluding carboxylic acids is 3. The van der Waals surface area contributed by atoms with Gasteiger partial charge < -0.3 is 24.7 Å². The van der Waals surface area contributed by atoms with Gasteiger partial charge in [0.05, 0.1) is 29.2 Å². The van der Waals surface area contributed by atoms with Crippen LogP contribution >= 0.6 is 11.8 Å². The van der Waals surface area contributed by atoms with Crippen LogP contribution in [0, 0.1) is 11.8 Å². The van der Waals surface area contributed by atoms with Crippen molar-refractivity contribution in [2.45, 2.75) is 48.8 Å². The molecule has 49 heavy (non-hydrogen) atoms. The molecule has 9 heteroatoms. The predicted octanol–water partition coefficient (Wildman–Crippen LogP) is 6.10. The Morgan fingerprint density at radius 2 is 1.43 bits per heavy atom. The Kier molecular flexibility index (Phi) is 10.3. The zero-order valence-corrected chi connectivity index (χ0v) is 29.2. The van der Waals surface area contributed by atoms with Crippen LogP contribution in [-0.2, 0) is 14.4 Å². The first-order chi connectivity index (χ1) is 23.8. The topological polar surface area (TPSA) is 84.4 Å². The largest absolute Gasteiger partial charge is 0.394 e. The summed E-state index contributed by atoms with van der Waals surface area (Å²) in [4.78, 5) is 52.1. The summed E-state index contributed by atoms with van der Waals surface area (Å²) in [5.74, 6) is -1.96. The van der Waals surface area contributed by atoms with Crippen LogP contribution in [0.2, 0.25) is 0 Å². The van der Waals surface area contributed by atoms with E-state index in [1.54, 1.807) is 38.6 Å². The molecule has 0 aliphatic carbocycles. The Balaban J connectivity index is 1.45. The number of aliphatic hydroxyl groups excluding tert-OH is 1. The molecule has 0 saturated carbocycles. The summed E-state index contributed by atoms with van der Waals surface area (Å²) >= 11 is 1.63. The maximum Gasteiger partial charge on any atom is 0.251 e. The first kappa shape index (κ1) is 34.5. The summed E-state index contributed by atoms with van der Waals surface area (Å²) < 4.78 is -0.835. The van der Waals surface area contributed by atoms with Crippen molar-refractivity contribution in [3.8, 4) is 0 Å². The van der Waals surface area contributed by atoms with Gasteiger partial charge in [0, 0.05) is 48.5 Å². The number of aliphatic hydroxyl groups is 1. The third-order valence-corrected chi connectivity index (χ3v) is 12.4. The highest BCUT2D eigenvalue weighted by Crippen LogP contribution is 2.67. The van der Waals surface area contributed by atoms with E-state index in [1.165, 1.54) is 0 Å². The van der Waals surface area contributed by atoms with Crippen LogP contribution < -0.4 is 14.7 Å². The van der Waals surface area contributed by atoms with Crippen molar-refractivity contribution in [1.82, 2.24) is 4.90 Å². The number of nitrogens with zero attached hydrogens (tertiary/aromatic N) is 4. The molecule has 3 aliphatic heterocycles. The van der Waals surface area contributed by atoms with Crippen LogP contribution in [0.15, 0.2) is 110 Å². The first-order valence-electron chi connectivity index (χ1n) is 17.3. The molecule has 8 nitrogen and oxygen atoms in total. The van der Waals surface area contributed by atoms with Gasteiger partial charge in [-0.25, -0.2) is 0 Å². The van der Waals surface area contributed by atoms with Gasteiger partial charge in [-0.3, -0.25) is 14.4 Å². The molecular weight excluding hydrogens is 633 g/mol. The lowest BCUT2D eigenvalue weighted by molar-refractivity contribution is -0.142. The number of hydrogen-bond acceptors (Lipinski definition) is 6. The number of hydrogen-bond donors (Lipinski definition) is 1. The van der Waals surface area contributed by atoms with Gasteiger partial charge in [0.25, 0.3) is 5.91 Å². The fraction of sp³-hybridized carbons (Fsp3) is 0.375. The van der Waals surface area contributed by atoms with Gasteiger partial charge in [-0.1, -0.05) is 60.7 Å². The highest BCUT2D eigenvalue weighted by molar-refractivity contribution is 8.02. The maximum absolute atomic E-state index is 15.2. The summed E-state index contributed by atoms with van der Waals surface area (Å²) in [5, 5.41) is 10.8. The SMILES string of the molecule is C=CCN(C(=O)C1N([C@H](CO)c2ccccc2)C(=O)[C@@H]2[C@H](C(=O)N(CC=C)c3ccccc3)[C@@H]3CCC12S3)c1ccc(N(CC)CC)cc1. The smallest absolute Gasteiger partial charge is 0.251 e. The van der Waals surface area contributed by atoms with Crippen LogP contribution in [0.3, 0.4) is 0 Å². The fourth-order valence-electron chi connectivity index (χ4n) is 8.29. The highest BCUT2D eigenvalue weighted by atomic mass is 32.2. The molecule has 6 atom stereocenters. The predicted molar refractivity (Wildman–Crippen MR) is 199 cm³/mol. The molecule has 0 radical (unpaired) electrons. The summed E-state index contributed by atoms with van der Waals surface area (Å²) in [6.07, 6.45) is 4.74. The van der Waals surface area contributed by atoms with E-state index in [-0.39, 0.29) is 36.1 Å². The van der Waals surface area contributed by atoms with Gasteiger partial charge in [-0.2, -0.15) is 0 Å². The molecule has 6 rings (SSSR count). The number of thioether (sulfide) groups is 1. The Bertz CT molecular complexity index is 1660. The molecular formula is C40H46N4O4S. The molecule has 2 unspecified atom stereocenters. The van der Waals surface area contributed by atoms with Gasteiger partial charge in [0.1, 0.15) is 6.04 Å². The molecule has 3 fully saturated rings. The molecule has 3 amide bonds. The number of likely N-dealkylation sites (tertiary alicyclic amines) is 1. The number of fused-ring (bicyclic) bond motifs is 1. The Hall–Kier alpha value is -4.34. The molecule has 2 bridgehead atoms. The van der Waals surface area contributed by atoms with Crippen molar-refractivity contribution in [3.05, 3.63) is 116 Å². The van der Waals surface area contributed by atoms with Crippen LogP contribution in [0.1, 0.15) is 38.3 Å². The molecule has 3 aromatic rings. The van der Waals surface area contributed by atoms with E-state index in [0.717, 1.165) is 30.0 Å². The molecule has 1 spiro atoms. The highest BCUT2D eigenvalue weighted by Gasteiger charge is 2.74. The van der Waals surface area contributed by atoms with Crippen molar-refractivity contribution in [2.75, 3.05) is 47.5 Å². The Morgan fingerprint density at radius 1 is 0.878 bits per heavy atom. The number of benzene rings is 3. The Labute approximate surface area is 294 Å². The number of rotatable bonds is 14. The van der Waals surface area contributed by atoms with Crippen LogP contribution in [0.4, 0.5) is 17.1 Å². The molecule has 3 aliphatic rings. The summed E-state index contributed by atoms with van der Waals surface area (Å²) in [6, 6.07) is 25.1. The van der Waals surface area contributed by atoms with Crippen molar-refractivity contribution in [3.63, 3.8) is 0 Å². The zero-order chi connectivity index (χ0) is 34.7. The van der Waals surface area contributed by atoms with Crippen LogP contribution in [0.5, 0.6) is 0 Å². The third-order valence-electron chi connectivity index (χ3n) is 10.5.